The van der Waals surface area contributed by atoms with Gasteiger partial charge in [0.05, 0.1) is 0 Å². The van der Waals surface area contributed by atoms with Gasteiger partial charge in [0, 0.05) is 31.5 Å². The van der Waals surface area contributed by atoms with Crippen LogP contribution in [0.4, 0.5) is 0 Å². The fraction of sp³-hybridized carbons (Fsp3) is 0.619. The van der Waals surface area contributed by atoms with E-state index in [1.165, 1.54) is 19.3 Å². The maximum absolute atomic E-state index is 12.5. The molecule has 0 atom stereocenters. The fourth-order valence-corrected chi connectivity index (χ4v) is 4.29. The number of halogens is 1. The van der Waals surface area contributed by atoms with Crippen molar-refractivity contribution in [1.82, 2.24) is 10.2 Å². The van der Waals surface area contributed by atoms with Gasteiger partial charge in [0.1, 0.15) is 0 Å². The van der Waals surface area contributed by atoms with Crippen LogP contribution in [-0.4, -0.2) is 42.8 Å². The Labute approximate surface area is 163 Å². The number of benzene rings is 1. The third-order valence-corrected chi connectivity index (χ3v) is 5.95. The number of piperidine rings is 1. The molecule has 2 fully saturated rings. The van der Waals surface area contributed by atoms with Crippen molar-refractivity contribution in [2.24, 2.45) is 5.41 Å². The van der Waals surface area contributed by atoms with E-state index in [9.17, 15) is 9.59 Å². The Kier molecular flexibility index (Phi) is 8.11. The molecular formula is C21H31ClN2O2. The smallest absolute Gasteiger partial charge is 0.222 e. The van der Waals surface area contributed by atoms with Crippen LogP contribution in [0.5, 0.6) is 0 Å². The summed E-state index contributed by atoms with van der Waals surface area (Å²) in [5.74, 6) is 0.366. The molecular weight excluding hydrogens is 348 g/mol. The van der Waals surface area contributed by atoms with Crippen molar-refractivity contribution in [3.05, 3.63) is 35.9 Å². The molecule has 1 aromatic carbocycles. The summed E-state index contributed by atoms with van der Waals surface area (Å²) in [6, 6.07) is 9.36. The van der Waals surface area contributed by atoms with Crippen LogP contribution < -0.4 is 5.32 Å². The molecule has 0 aliphatic carbocycles. The normalized spacial score (nSPS) is 19.5. The first kappa shape index (κ1) is 20.9. The minimum Gasteiger partial charge on any atom is -0.343 e. The van der Waals surface area contributed by atoms with Crippen LogP contribution >= 0.6 is 12.4 Å². The molecule has 1 aromatic rings. The third kappa shape index (κ3) is 5.55. The van der Waals surface area contributed by atoms with Gasteiger partial charge in [0.15, 0.2) is 5.78 Å². The number of amides is 1. The first-order chi connectivity index (χ1) is 12.2. The minimum atomic E-state index is 0. The number of ketones is 1. The summed E-state index contributed by atoms with van der Waals surface area (Å²) >= 11 is 0. The van der Waals surface area contributed by atoms with Crippen molar-refractivity contribution in [2.75, 3.05) is 26.2 Å². The second kappa shape index (κ2) is 10.1. The van der Waals surface area contributed by atoms with Crippen LogP contribution in [0.2, 0.25) is 0 Å². The van der Waals surface area contributed by atoms with E-state index in [0.29, 0.717) is 24.7 Å². The quantitative estimate of drug-likeness (QED) is 0.792. The maximum Gasteiger partial charge on any atom is 0.222 e. The number of rotatable bonds is 5. The Hall–Kier alpha value is -1.39. The van der Waals surface area contributed by atoms with Crippen LogP contribution in [-0.2, 0) is 4.79 Å². The first-order valence-corrected chi connectivity index (χ1v) is 9.75. The van der Waals surface area contributed by atoms with E-state index in [0.717, 1.165) is 44.6 Å². The number of carbonyl (C=O) groups excluding carboxylic acids is 2. The molecule has 2 saturated heterocycles. The zero-order valence-electron chi connectivity index (χ0n) is 15.5. The molecule has 3 rings (SSSR count). The second-order valence-corrected chi connectivity index (χ2v) is 7.63. The van der Waals surface area contributed by atoms with Crippen molar-refractivity contribution in [2.45, 2.75) is 51.4 Å². The van der Waals surface area contributed by atoms with Crippen molar-refractivity contribution < 1.29 is 9.59 Å². The molecule has 5 heteroatoms. The van der Waals surface area contributed by atoms with E-state index in [-0.39, 0.29) is 24.1 Å². The molecule has 2 aliphatic rings. The van der Waals surface area contributed by atoms with Crippen LogP contribution in [0.15, 0.2) is 30.3 Å². The van der Waals surface area contributed by atoms with Crippen LogP contribution in [0.1, 0.15) is 61.7 Å². The van der Waals surface area contributed by atoms with E-state index in [2.05, 4.69) is 5.32 Å². The van der Waals surface area contributed by atoms with Gasteiger partial charge in [-0.3, -0.25) is 9.59 Å². The highest BCUT2D eigenvalue weighted by Gasteiger charge is 2.34. The average molecular weight is 379 g/mol. The highest BCUT2D eigenvalue weighted by Crippen LogP contribution is 2.39. The minimum absolute atomic E-state index is 0. The summed E-state index contributed by atoms with van der Waals surface area (Å²) in [4.78, 5) is 26.7. The molecule has 0 aromatic heterocycles. The fourth-order valence-electron chi connectivity index (χ4n) is 4.29. The average Bonchev–Trinajstić information content (AvgIpc) is 2.85. The van der Waals surface area contributed by atoms with Crippen molar-refractivity contribution >= 4 is 24.1 Å². The molecule has 0 unspecified atom stereocenters. The molecule has 2 heterocycles. The highest BCUT2D eigenvalue weighted by molar-refractivity contribution is 5.96. The lowest BCUT2D eigenvalue weighted by Gasteiger charge is -2.37. The standard InChI is InChI=1S/C21H30N2O2.ClH/c24-19(18-6-2-1-3-7-18)8-4-9-20(25)23-16-5-10-21(13-17-23)11-14-22-15-12-21;/h1-3,6-7,22H,4-5,8-17H2;1H. The number of hydrogen-bond acceptors (Lipinski definition) is 3. The Morgan fingerprint density at radius 2 is 1.69 bits per heavy atom. The number of nitrogens with zero attached hydrogens (tertiary/aromatic N) is 1. The van der Waals surface area contributed by atoms with Gasteiger partial charge < -0.3 is 10.2 Å². The Balaban J connectivity index is 0.00000243. The van der Waals surface area contributed by atoms with Crippen molar-refractivity contribution in [1.29, 1.82) is 0 Å². The van der Waals surface area contributed by atoms with Gasteiger partial charge in [-0.1, -0.05) is 30.3 Å². The third-order valence-electron chi connectivity index (χ3n) is 5.95. The van der Waals surface area contributed by atoms with Gasteiger partial charge in [-0.25, -0.2) is 0 Å². The summed E-state index contributed by atoms with van der Waals surface area (Å²) in [6.45, 7) is 4.02. The van der Waals surface area contributed by atoms with E-state index >= 15 is 0 Å². The first-order valence-electron chi connectivity index (χ1n) is 9.75. The topological polar surface area (TPSA) is 49.4 Å². The van der Waals surface area contributed by atoms with Gasteiger partial charge in [0.2, 0.25) is 5.91 Å². The Morgan fingerprint density at radius 1 is 0.962 bits per heavy atom. The highest BCUT2D eigenvalue weighted by atomic mass is 35.5. The molecule has 26 heavy (non-hydrogen) atoms. The maximum atomic E-state index is 12.5. The van der Waals surface area contributed by atoms with E-state index in [1.54, 1.807) is 0 Å². The Morgan fingerprint density at radius 3 is 2.42 bits per heavy atom. The molecule has 2 aliphatic heterocycles. The zero-order valence-corrected chi connectivity index (χ0v) is 16.4. The molecule has 0 radical (unpaired) electrons. The molecule has 1 amide bonds. The lowest BCUT2D eigenvalue weighted by molar-refractivity contribution is -0.131. The van der Waals surface area contributed by atoms with E-state index in [1.807, 2.05) is 35.2 Å². The Bertz CT molecular complexity index is 585. The number of carbonyl (C=O) groups is 2. The molecule has 0 bridgehead atoms. The van der Waals surface area contributed by atoms with Crippen LogP contribution in [0.25, 0.3) is 0 Å². The number of likely N-dealkylation sites (tertiary alicyclic amines) is 1. The van der Waals surface area contributed by atoms with Gasteiger partial charge in [0.25, 0.3) is 0 Å². The molecule has 4 nitrogen and oxygen atoms in total. The van der Waals surface area contributed by atoms with Gasteiger partial charge in [-0.2, -0.15) is 0 Å². The van der Waals surface area contributed by atoms with Crippen LogP contribution in [0.3, 0.4) is 0 Å². The summed E-state index contributed by atoms with van der Waals surface area (Å²) < 4.78 is 0. The molecule has 1 N–H and O–H groups in total. The van der Waals surface area contributed by atoms with Crippen molar-refractivity contribution in [3.63, 3.8) is 0 Å². The van der Waals surface area contributed by atoms with Gasteiger partial charge >= 0.3 is 0 Å². The number of nitrogens with one attached hydrogen (secondary N) is 1. The van der Waals surface area contributed by atoms with E-state index < -0.39 is 0 Å². The lowest BCUT2D eigenvalue weighted by Crippen LogP contribution is -2.38. The summed E-state index contributed by atoms with van der Waals surface area (Å²) in [6.07, 6.45) is 7.62. The van der Waals surface area contributed by atoms with Crippen LogP contribution in [0, 0.1) is 5.41 Å². The number of Topliss-reactive ketones (excluding diaryl/α,β-unsaturated/α-hetero) is 1. The van der Waals surface area contributed by atoms with E-state index in [4.69, 9.17) is 0 Å². The summed E-state index contributed by atoms with van der Waals surface area (Å²) in [5.41, 5.74) is 1.21. The molecule has 0 saturated carbocycles. The van der Waals surface area contributed by atoms with Gasteiger partial charge in [-0.05, 0) is 57.0 Å². The number of hydrogen-bond donors (Lipinski definition) is 1. The predicted molar refractivity (Wildman–Crippen MR) is 107 cm³/mol. The lowest BCUT2D eigenvalue weighted by atomic mass is 9.73. The predicted octanol–water partition coefficient (Wildman–Crippen LogP) is 3.84. The molecule has 1 spiro atoms. The van der Waals surface area contributed by atoms with Gasteiger partial charge in [-0.15, -0.1) is 12.4 Å². The van der Waals surface area contributed by atoms with Crippen molar-refractivity contribution in [3.8, 4) is 0 Å². The summed E-state index contributed by atoms with van der Waals surface area (Å²) in [5, 5.41) is 3.45. The largest absolute Gasteiger partial charge is 0.343 e. The second-order valence-electron chi connectivity index (χ2n) is 7.63. The summed E-state index contributed by atoms with van der Waals surface area (Å²) in [7, 11) is 0. The zero-order chi connectivity index (χ0) is 17.5. The molecule has 144 valence electrons. The SMILES string of the molecule is Cl.O=C(CCCC(=O)N1CCCC2(CCNCC2)CC1)c1ccccc1. The monoisotopic (exact) mass is 378 g/mol.